The first kappa shape index (κ1) is 23.7. The fourth-order valence-corrected chi connectivity index (χ4v) is 4.38. The van der Waals surface area contributed by atoms with E-state index in [0.29, 0.717) is 34.9 Å². The van der Waals surface area contributed by atoms with Gasteiger partial charge in [-0.05, 0) is 32.8 Å². The third kappa shape index (κ3) is 4.76. The highest BCUT2D eigenvalue weighted by Gasteiger charge is 2.26. The molecule has 2 atom stereocenters. The lowest BCUT2D eigenvalue weighted by Crippen LogP contribution is -2.42. The molecule has 1 fully saturated rings. The molecule has 1 aliphatic heterocycles. The van der Waals surface area contributed by atoms with Gasteiger partial charge in [-0.3, -0.25) is 4.79 Å². The molecule has 2 aromatic heterocycles. The number of nitrogens with zero attached hydrogens (tertiary/aromatic N) is 4. The van der Waals surface area contributed by atoms with E-state index in [-0.39, 0.29) is 17.4 Å². The van der Waals surface area contributed by atoms with Crippen LogP contribution in [0.4, 0.5) is 24.8 Å². The van der Waals surface area contributed by atoms with E-state index in [1.807, 2.05) is 6.07 Å². The highest BCUT2D eigenvalue weighted by atomic mass is 19.3. The fraction of sp³-hybridized carbons (Fsp3) is 0.417. The number of hydrogen-bond acceptors (Lipinski definition) is 6. The molecule has 2 unspecified atom stereocenters. The number of amides is 1. The quantitative estimate of drug-likeness (QED) is 0.548. The number of rotatable bonds is 6. The summed E-state index contributed by atoms with van der Waals surface area (Å²) in [4.78, 5) is 27.7. The molecule has 0 radical (unpaired) electrons. The molecule has 3 heterocycles. The Morgan fingerprint density at radius 2 is 2.00 bits per heavy atom. The number of carbonyl (C=O) groups excluding carboxylic acids is 1. The van der Waals surface area contributed by atoms with Crippen LogP contribution in [0.25, 0.3) is 10.9 Å². The van der Waals surface area contributed by atoms with Crippen LogP contribution < -0.4 is 15.5 Å². The molecule has 34 heavy (non-hydrogen) atoms. The predicted octanol–water partition coefficient (Wildman–Crippen LogP) is 4.55. The van der Waals surface area contributed by atoms with Crippen molar-refractivity contribution in [1.29, 1.82) is 0 Å². The van der Waals surface area contributed by atoms with Crippen molar-refractivity contribution in [2.45, 2.75) is 39.2 Å². The lowest BCUT2D eigenvalue weighted by Gasteiger charge is -2.32. The summed E-state index contributed by atoms with van der Waals surface area (Å²) in [7, 11) is 1.63. The smallest absolute Gasteiger partial charge is 0.266 e. The molecule has 0 bridgehead atoms. The van der Waals surface area contributed by atoms with Gasteiger partial charge in [0.15, 0.2) is 0 Å². The van der Waals surface area contributed by atoms with Crippen molar-refractivity contribution in [3.05, 3.63) is 53.2 Å². The van der Waals surface area contributed by atoms with E-state index in [2.05, 4.69) is 30.5 Å². The van der Waals surface area contributed by atoms with Crippen LogP contribution in [-0.4, -0.2) is 41.0 Å². The highest BCUT2D eigenvalue weighted by molar-refractivity contribution is 5.90. The zero-order valence-corrected chi connectivity index (χ0v) is 19.3. The van der Waals surface area contributed by atoms with Crippen molar-refractivity contribution < 1.29 is 18.0 Å². The number of nitrogens with one attached hydrogen (secondary N) is 2. The molecular weight excluding hydrogens is 445 g/mol. The second-order valence-electron chi connectivity index (χ2n) is 8.50. The summed E-state index contributed by atoms with van der Waals surface area (Å²) in [5, 5.41) is 6.56. The van der Waals surface area contributed by atoms with Gasteiger partial charge < -0.3 is 15.5 Å². The minimum Gasteiger partial charge on any atom is -0.363 e. The molecule has 1 saturated heterocycles. The van der Waals surface area contributed by atoms with Gasteiger partial charge in [-0.1, -0.05) is 18.2 Å². The summed E-state index contributed by atoms with van der Waals surface area (Å²) in [5.74, 6) is 0.608. The zero-order valence-electron chi connectivity index (χ0n) is 19.3. The minimum atomic E-state index is -2.90. The summed E-state index contributed by atoms with van der Waals surface area (Å²) < 4.78 is 41.0. The summed E-state index contributed by atoms with van der Waals surface area (Å²) in [6.45, 7) is 4.75. The third-order valence-corrected chi connectivity index (χ3v) is 6.16. The fourth-order valence-electron chi connectivity index (χ4n) is 4.38. The van der Waals surface area contributed by atoms with E-state index in [0.717, 1.165) is 25.5 Å². The number of pyridine rings is 1. The van der Waals surface area contributed by atoms with Gasteiger partial charge in [-0.25, -0.2) is 28.1 Å². The summed E-state index contributed by atoms with van der Waals surface area (Å²) in [6.07, 6.45) is 0.437. The molecule has 1 aromatic carbocycles. The van der Waals surface area contributed by atoms with Gasteiger partial charge in [0.2, 0.25) is 5.91 Å². The summed E-state index contributed by atoms with van der Waals surface area (Å²) in [5.41, 5.74) is 0.102. The predicted molar refractivity (Wildman–Crippen MR) is 124 cm³/mol. The SMILES string of the molecule is CNC(=O)C1CCCN(c2cc3c(NC(C)c4cccc(C(F)F)c4F)nc(C)nc3cn2)C1. The Balaban J connectivity index is 1.67. The molecule has 0 spiro atoms. The Morgan fingerprint density at radius 1 is 1.24 bits per heavy atom. The van der Waals surface area contributed by atoms with Crippen molar-refractivity contribution in [2.24, 2.45) is 5.92 Å². The second-order valence-corrected chi connectivity index (χ2v) is 8.50. The van der Waals surface area contributed by atoms with Gasteiger partial charge in [0.05, 0.1) is 29.2 Å². The second kappa shape index (κ2) is 9.82. The van der Waals surface area contributed by atoms with Crippen LogP contribution in [0.3, 0.4) is 0 Å². The van der Waals surface area contributed by atoms with Crippen LogP contribution in [0.2, 0.25) is 0 Å². The number of aryl methyl sites for hydroxylation is 1. The molecule has 7 nitrogen and oxygen atoms in total. The normalized spacial score (nSPS) is 17.1. The minimum absolute atomic E-state index is 0.00804. The largest absolute Gasteiger partial charge is 0.363 e. The monoisotopic (exact) mass is 472 g/mol. The van der Waals surface area contributed by atoms with Crippen molar-refractivity contribution >= 4 is 28.4 Å². The number of piperidine rings is 1. The molecule has 4 rings (SSSR count). The van der Waals surface area contributed by atoms with Crippen LogP contribution in [-0.2, 0) is 4.79 Å². The third-order valence-electron chi connectivity index (χ3n) is 6.16. The Kier molecular flexibility index (Phi) is 6.85. The van der Waals surface area contributed by atoms with Gasteiger partial charge in [0.25, 0.3) is 6.43 Å². The molecule has 0 aliphatic carbocycles. The Labute approximate surface area is 195 Å². The summed E-state index contributed by atoms with van der Waals surface area (Å²) in [6, 6.07) is 5.21. The van der Waals surface area contributed by atoms with Gasteiger partial charge in [-0.15, -0.1) is 0 Å². The maximum absolute atomic E-state index is 14.7. The van der Waals surface area contributed by atoms with Gasteiger partial charge in [0, 0.05) is 31.1 Å². The van der Waals surface area contributed by atoms with Gasteiger partial charge in [-0.2, -0.15) is 0 Å². The van der Waals surface area contributed by atoms with E-state index in [4.69, 9.17) is 0 Å². The molecule has 0 saturated carbocycles. The maximum atomic E-state index is 14.7. The van der Waals surface area contributed by atoms with Crippen molar-refractivity contribution in [1.82, 2.24) is 20.3 Å². The van der Waals surface area contributed by atoms with Crippen LogP contribution in [0, 0.1) is 18.7 Å². The molecule has 2 N–H and O–H groups in total. The van der Waals surface area contributed by atoms with Crippen LogP contribution in [0.1, 0.15) is 49.2 Å². The molecule has 180 valence electrons. The Hall–Kier alpha value is -3.43. The van der Waals surface area contributed by atoms with Gasteiger partial charge in [0.1, 0.15) is 23.3 Å². The number of hydrogen-bond donors (Lipinski definition) is 2. The molecule has 1 amide bonds. The number of fused-ring (bicyclic) bond motifs is 1. The Bertz CT molecular complexity index is 1200. The van der Waals surface area contributed by atoms with Crippen LogP contribution >= 0.6 is 0 Å². The lowest BCUT2D eigenvalue weighted by atomic mass is 9.97. The standard InChI is InChI=1S/C24H27F3N6O/c1-13(16-7-4-8-17(21(16)25)22(26)27)30-23-18-10-20(29-11-19(18)31-14(2)32-23)33-9-5-6-15(12-33)24(34)28-3/h4,7-8,10-11,13,15,22H,5-6,9,12H2,1-3H3,(H,28,34)(H,30,31,32). The van der Waals surface area contributed by atoms with Crippen molar-refractivity contribution in [3.63, 3.8) is 0 Å². The van der Waals surface area contributed by atoms with Crippen LogP contribution in [0.15, 0.2) is 30.5 Å². The number of anilines is 2. The van der Waals surface area contributed by atoms with E-state index in [1.54, 1.807) is 27.1 Å². The number of aromatic nitrogens is 3. The Morgan fingerprint density at radius 3 is 2.74 bits per heavy atom. The van der Waals surface area contributed by atoms with E-state index >= 15 is 0 Å². The first-order valence-electron chi connectivity index (χ1n) is 11.2. The maximum Gasteiger partial charge on any atom is 0.266 e. The molecule has 10 heteroatoms. The van der Waals surface area contributed by atoms with Crippen molar-refractivity contribution in [3.8, 4) is 0 Å². The van der Waals surface area contributed by atoms with E-state index in [1.165, 1.54) is 12.1 Å². The average Bonchev–Trinajstić information content (AvgIpc) is 2.83. The zero-order chi connectivity index (χ0) is 24.4. The summed E-state index contributed by atoms with van der Waals surface area (Å²) >= 11 is 0. The molecule has 1 aliphatic rings. The van der Waals surface area contributed by atoms with Gasteiger partial charge >= 0.3 is 0 Å². The average molecular weight is 473 g/mol. The first-order chi connectivity index (χ1) is 16.3. The molecule has 3 aromatic rings. The molecular formula is C24H27F3N6O. The van der Waals surface area contributed by atoms with E-state index in [9.17, 15) is 18.0 Å². The number of carbonyl (C=O) groups is 1. The highest BCUT2D eigenvalue weighted by Crippen LogP contribution is 2.32. The van der Waals surface area contributed by atoms with Crippen LogP contribution in [0.5, 0.6) is 0 Å². The first-order valence-corrected chi connectivity index (χ1v) is 11.2. The lowest BCUT2D eigenvalue weighted by molar-refractivity contribution is -0.124. The number of benzene rings is 1. The number of halogens is 3. The van der Waals surface area contributed by atoms with Crippen molar-refractivity contribution in [2.75, 3.05) is 30.4 Å². The van der Waals surface area contributed by atoms with E-state index < -0.39 is 23.8 Å². The number of alkyl halides is 2. The topological polar surface area (TPSA) is 83.0 Å².